The lowest BCUT2D eigenvalue weighted by Crippen LogP contribution is -2.37. The van der Waals surface area contributed by atoms with Gasteiger partial charge in [0.25, 0.3) is 0 Å². The topological polar surface area (TPSA) is 15.3 Å². The standard InChI is InChI=1S/C9H19N2S2.Al.2H/c1-13-11-9(12)10-7-3-2-4-8-5-6-8;;;/h8-9,11-12H,2-7H2,1H3;;;/q-1;+1;;. The summed E-state index contributed by atoms with van der Waals surface area (Å²) in [7, 11) is 0. The lowest BCUT2D eigenvalue weighted by atomic mass is 10.2. The van der Waals surface area contributed by atoms with E-state index in [1.165, 1.54) is 38.6 Å². The summed E-state index contributed by atoms with van der Waals surface area (Å²) < 4.78 is 5.64. The van der Waals surface area contributed by atoms with Gasteiger partial charge in [0.2, 0.25) is 0 Å². The Morgan fingerprint density at radius 3 is 2.86 bits per heavy atom. The van der Waals surface area contributed by atoms with Crippen LogP contribution in [-0.4, -0.2) is 38.7 Å². The molecule has 1 aliphatic carbocycles. The summed E-state index contributed by atoms with van der Waals surface area (Å²) in [6.07, 6.45) is 9.24. The van der Waals surface area contributed by atoms with Crippen molar-refractivity contribution in [2.75, 3.05) is 12.8 Å². The summed E-state index contributed by atoms with van der Waals surface area (Å²) in [6, 6.07) is 0. The van der Waals surface area contributed by atoms with E-state index in [0.717, 1.165) is 22.4 Å². The van der Waals surface area contributed by atoms with Crippen molar-refractivity contribution in [1.82, 2.24) is 8.61 Å². The van der Waals surface area contributed by atoms with Crippen LogP contribution in [0.2, 0.25) is 0 Å². The second-order valence-corrected chi connectivity index (χ2v) is 6.40. The first-order valence-corrected chi connectivity index (χ1v) is 8.04. The molecule has 82 valence electrons. The van der Waals surface area contributed by atoms with Crippen LogP contribution in [0.25, 0.3) is 0 Å². The quantitative estimate of drug-likeness (QED) is 0.223. The molecule has 0 amide bonds. The van der Waals surface area contributed by atoms with Crippen LogP contribution in [0.4, 0.5) is 0 Å². The van der Waals surface area contributed by atoms with E-state index in [4.69, 9.17) is 0 Å². The third-order valence-electron chi connectivity index (χ3n) is 2.71. The van der Waals surface area contributed by atoms with Crippen LogP contribution < -0.4 is 4.72 Å². The fraction of sp³-hybridized carbons (Fsp3) is 1.00. The Balaban J connectivity index is 1.92. The van der Waals surface area contributed by atoms with Gasteiger partial charge in [0.15, 0.2) is 0 Å². The van der Waals surface area contributed by atoms with Gasteiger partial charge in [-0.3, -0.25) is 0 Å². The predicted molar refractivity (Wildman–Crippen MR) is 71.2 cm³/mol. The molecule has 0 radical (unpaired) electrons. The molecule has 0 saturated heterocycles. The maximum Gasteiger partial charge on any atom is 0.324 e. The second kappa shape index (κ2) is 7.43. The third kappa shape index (κ3) is 5.89. The highest BCUT2D eigenvalue weighted by Gasteiger charge is 2.20. The molecule has 0 aromatic carbocycles. The number of thiol groups is 1. The van der Waals surface area contributed by atoms with Crippen molar-refractivity contribution in [3.63, 3.8) is 0 Å². The van der Waals surface area contributed by atoms with E-state index in [1.54, 1.807) is 11.9 Å². The number of hydrogen-bond donors (Lipinski definition) is 2. The van der Waals surface area contributed by atoms with E-state index in [1.807, 2.05) is 6.26 Å². The number of hydrogen-bond acceptors (Lipinski definition) is 4. The summed E-state index contributed by atoms with van der Waals surface area (Å²) in [5, 5.41) is 0. The molecule has 1 saturated carbocycles. The van der Waals surface area contributed by atoms with Gasteiger partial charge in [0.1, 0.15) is 0 Å². The van der Waals surface area contributed by atoms with Crippen molar-refractivity contribution in [2.24, 2.45) is 5.92 Å². The predicted octanol–water partition coefficient (Wildman–Crippen LogP) is 1.50. The molecule has 1 rings (SSSR count). The van der Waals surface area contributed by atoms with Gasteiger partial charge < -0.3 is 3.88 Å². The number of rotatable bonds is 8. The normalized spacial score (nSPS) is 18.8. The molecular weight excluding hydrogens is 227 g/mol. The lowest BCUT2D eigenvalue weighted by Gasteiger charge is -2.25. The van der Waals surface area contributed by atoms with Crippen LogP contribution in [0, 0.1) is 5.92 Å². The van der Waals surface area contributed by atoms with E-state index in [0.29, 0.717) is 0 Å². The first-order valence-electron chi connectivity index (χ1n) is 5.41. The van der Waals surface area contributed by atoms with Gasteiger partial charge in [-0.15, -0.1) is 12.6 Å². The zero-order chi connectivity index (χ0) is 10.4. The molecule has 5 heteroatoms. The smallest absolute Gasteiger partial charge is 0.324 e. The Morgan fingerprint density at radius 2 is 2.29 bits per heavy atom. The minimum Gasteiger partial charge on any atom is -0.368 e. The Labute approximate surface area is 106 Å². The average Bonchev–Trinajstić information content (AvgIpc) is 2.96. The highest BCUT2D eigenvalue weighted by Crippen LogP contribution is 2.33. The first kappa shape index (κ1) is 13.2. The SMILES string of the molecule is CSNC(S)[N]([AlH2])CCCCC1CC1. The molecule has 1 N–H and O–H groups in total. The van der Waals surface area contributed by atoms with Crippen molar-refractivity contribution in [3.05, 3.63) is 0 Å². The van der Waals surface area contributed by atoms with Crippen molar-refractivity contribution in [3.8, 4) is 0 Å². The Kier molecular flexibility index (Phi) is 7.02. The maximum absolute atomic E-state index is 4.49. The summed E-state index contributed by atoms with van der Waals surface area (Å²) in [4.78, 5) is 0. The van der Waals surface area contributed by atoms with Gasteiger partial charge in [-0.05, 0) is 25.1 Å². The van der Waals surface area contributed by atoms with E-state index in [2.05, 4.69) is 21.2 Å². The minimum atomic E-state index is 0.248. The molecule has 0 heterocycles. The van der Waals surface area contributed by atoms with E-state index >= 15 is 0 Å². The second-order valence-electron chi connectivity index (χ2n) is 4.12. The van der Waals surface area contributed by atoms with Crippen LogP contribution in [-0.2, 0) is 0 Å². The molecule has 0 aliphatic heterocycles. The van der Waals surface area contributed by atoms with Crippen molar-refractivity contribution in [1.29, 1.82) is 0 Å². The van der Waals surface area contributed by atoms with E-state index in [-0.39, 0.29) is 5.50 Å². The molecule has 14 heavy (non-hydrogen) atoms. The summed E-state index contributed by atoms with van der Waals surface area (Å²) >= 11 is 7.23. The molecule has 1 unspecified atom stereocenters. The van der Waals surface area contributed by atoms with Gasteiger partial charge in [-0.2, -0.15) is 0 Å². The fourth-order valence-electron chi connectivity index (χ4n) is 1.52. The Bertz CT molecular complexity index is 156. The van der Waals surface area contributed by atoms with Gasteiger partial charge in [0, 0.05) is 0 Å². The molecule has 0 aromatic rings. The molecule has 1 fully saturated rings. The van der Waals surface area contributed by atoms with Crippen molar-refractivity contribution in [2.45, 2.75) is 37.6 Å². The Hall–Kier alpha value is 1.15. The summed E-state index contributed by atoms with van der Waals surface area (Å²) in [6.45, 7) is 1.21. The van der Waals surface area contributed by atoms with Gasteiger partial charge in [-0.25, -0.2) is 4.72 Å². The Morgan fingerprint density at radius 1 is 1.57 bits per heavy atom. The molecule has 0 spiro atoms. The molecular formula is C9H21AlN2S2. The van der Waals surface area contributed by atoms with Gasteiger partial charge in [0.05, 0.1) is 5.50 Å². The maximum atomic E-state index is 4.49. The lowest BCUT2D eigenvalue weighted by molar-refractivity contribution is 0.402. The molecule has 0 bridgehead atoms. The van der Waals surface area contributed by atoms with Gasteiger partial charge in [-0.1, -0.05) is 37.6 Å². The van der Waals surface area contributed by atoms with Crippen LogP contribution in [0.15, 0.2) is 0 Å². The fourth-order valence-corrected chi connectivity index (χ4v) is 2.97. The number of nitrogens with zero attached hydrogens (tertiary/aromatic N) is 1. The van der Waals surface area contributed by atoms with Crippen molar-refractivity contribution < 1.29 is 0 Å². The largest absolute Gasteiger partial charge is 0.368 e. The highest BCUT2D eigenvalue weighted by molar-refractivity contribution is 7.97. The summed E-state index contributed by atoms with van der Waals surface area (Å²) in [5.41, 5.74) is 0.248. The average molecular weight is 248 g/mol. The minimum absolute atomic E-state index is 0.248. The molecule has 2 nitrogen and oxygen atoms in total. The summed E-state index contributed by atoms with van der Waals surface area (Å²) in [5.74, 6) is 1.09. The third-order valence-corrected chi connectivity index (χ3v) is 5.27. The number of unbranched alkanes of at least 4 members (excludes halogenated alkanes) is 1. The monoisotopic (exact) mass is 248 g/mol. The first-order chi connectivity index (χ1) is 6.74. The molecule has 1 atom stereocenters. The molecule has 1 aliphatic rings. The van der Waals surface area contributed by atoms with Crippen LogP contribution in [0.3, 0.4) is 0 Å². The molecule has 0 aromatic heterocycles. The van der Waals surface area contributed by atoms with Gasteiger partial charge >= 0.3 is 16.5 Å². The van der Waals surface area contributed by atoms with Crippen molar-refractivity contribution >= 4 is 41.1 Å². The van der Waals surface area contributed by atoms with E-state index < -0.39 is 0 Å². The highest BCUT2D eigenvalue weighted by atomic mass is 32.2. The van der Waals surface area contributed by atoms with Crippen LogP contribution >= 0.6 is 24.6 Å². The van der Waals surface area contributed by atoms with E-state index in [9.17, 15) is 0 Å². The zero-order valence-corrected chi connectivity index (χ0v) is 12.9. The number of nitrogens with one attached hydrogen (secondary N) is 1. The zero-order valence-electron chi connectivity index (χ0n) is 9.20. The van der Waals surface area contributed by atoms with Crippen LogP contribution in [0.5, 0.6) is 0 Å². The van der Waals surface area contributed by atoms with Crippen LogP contribution in [0.1, 0.15) is 32.1 Å².